The summed E-state index contributed by atoms with van der Waals surface area (Å²) in [5.74, 6) is 0.215. The molecule has 0 saturated carbocycles. The second-order valence-electron chi connectivity index (χ2n) is 5.83. The van der Waals surface area contributed by atoms with Gasteiger partial charge in [0.15, 0.2) is 5.78 Å². The van der Waals surface area contributed by atoms with E-state index in [4.69, 9.17) is 23.2 Å². The first kappa shape index (κ1) is 15.5. The quantitative estimate of drug-likeness (QED) is 0.769. The minimum Gasteiger partial charge on any atom is -0.305 e. The van der Waals surface area contributed by atoms with Crippen LogP contribution < -0.4 is 0 Å². The lowest BCUT2D eigenvalue weighted by Gasteiger charge is -2.18. The summed E-state index contributed by atoms with van der Waals surface area (Å²) in [6.07, 6.45) is 0. The van der Waals surface area contributed by atoms with Crippen LogP contribution in [-0.2, 0) is 0 Å². The number of halogens is 2. The van der Waals surface area contributed by atoms with Crippen LogP contribution in [0.1, 0.15) is 21.8 Å². The van der Waals surface area contributed by atoms with Crippen LogP contribution in [0.25, 0.3) is 0 Å². The zero-order valence-electron chi connectivity index (χ0n) is 12.3. The van der Waals surface area contributed by atoms with Gasteiger partial charge >= 0.3 is 0 Å². The van der Waals surface area contributed by atoms with Gasteiger partial charge in [0, 0.05) is 35.5 Å². The predicted octanol–water partition coefficient (Wildman–Crippen LogP) is 4.52. The summed E-state index contributed by atoms with van der Waals surface area (Å²) in [5.41, 5.74) is 1.77. The fourth-order valence-corrected chi connectivity index (χ4v) is 3.53. The third-order valence-electron chi connectivity index (χ3n) is 4.28. The van der Waals surface area contributed by atoms with Crippen molar-refractivity contribution in [2.45, 2.75) is 5.92 Å². The zero-order chi connectivity index (χ0) is 15.7. The molecule has 1 heterocycles. The van der Waals surface area contributed by atoms with Gasteiger partial charge in [-0.2, -0.15) is 0 Å². The fourth-order valence-electron chi connectivity index (χ4n) is 3.17. The van der Waals surface area contributed by atoms with E-state index in [0.29, 0.717) is 15.6 Å². The molecule has 114 valence electrons. The molecule has 0 amide bonds. The maximum absolute atomic E-state index is 12.9. The molecule has 2 nitrogen and oxygen atoms in total. The lowest BCUT2D eigenvalue weighted by atomic mass is 9.84. The van der Waals surface area contributed by atoms with Crippen molar-refractivity contribution in [1.82, 2.24) is 4.90 Å². The van der Waals surface area contributed by atoms with Crippen molar-refractivity contribution < 1.29 is 4.79 Å². The number of carbonyl (C=O) groups is 1. The van der Waals surface area contributed by atoms with Gasteiger partial charge in [-0.15, -0.1) is 0 Å². The molecule has 22 heavy (non-hydrogen) atoms. The minimum absolute atomic E-state index is 0.0777. The number of likely N-dealkylation sites (N-methyl/N-ethyl adjacent to an activating group) is 1. The molecule has 0 N–H and O–H groups in total. The van der Waals surface area contributed by atoms with Crippen molar-refractivity contribution in [3.63, 3.8) is 0 Å². The summed E-state index contributed by atoms with van der Waals surface area (Å²) in [6.45, 7) is 1.61. The Kier molecular flexibility index (Phi) is 4.53. The third kappa shape index (κ3) is 3.05. The Labute approximate surface area is 140 Å². The Balaban J connectivity index is 1.92. The Morgan fingerprint density at radius 2 is 1.73 bits per heavy atom. The van der Waals surface area contributed by atoms with Gasteiger partial charge in [-0.1, -0.05) is 47.5 Å². The van der Waals surface area contributed by atoms with E-state index in [0.717, 1.165) is 18.7 Å². The number of hydrogen-bond donors (Lipinski definition) is 0. The summed E-state index contributed by atoms with van der Waals surface area (Å²) in [6, 6.07) is 15.1. The maximum Gasteiger partial charge on any atom is 0.169 e. The Morgan fingerprint density at radius 1 is 1.05 bits per heavy atom. The summed E-state index contributed by atoms with van der Waals surface area (Å²) in [5, 5.41) is 1.24. The summed E-state index contributed by atoms with van der Waals surface area (Å²) in [4.78, 5) is 15.1. The first-order chi connectivity index (χ1) is 10.6. The van der Waals surface area contributed by atoms with Gasteiger partial charge in [0.25, 0.3) is 0 Å². The topological polar surface area (TPSA) is 20.3 Å². The minimum atomic E-state index is -0.0777. The second kappa shape index (κ2) is 6.41. The van der Waals surface area contributed by atoms with E-state index in [1.807, 2.05) is 49.5 Å². The van der Waals surface area contributed by atoms with Gasteiger partial charge < -0.3 is 4.90 Å². The van der Waals surface area contributed by atoms with E-state index in [1.54, 1.807) is 6.07 Å². The Bertz CT molecular complexity index is 684. The average molecular weight is 334 g/mol. The molecule has 0 radical (unpaired) electrons. The van der Waals surface area contributed by atoms with E-state index in [-0.39, 0.29) is 17.6 Å². The number of hydrogen-bond acceptors (Lipinski definition) is 2. The van der Waals surface area contributed by atoms with Crippen LogP contribution >= 0.6 is 23.2 Å². The molecular weight excluding hydrogens is 317 g/mol. The molecule has 1 aliphatic rings. The number of nitrogens with zero attached hydrogens (tertiary/aromatic N) is 1. The molecule has 4 heteroatoms. The van der Waals surface area contributed by atoms with Gasteiger partial charge in [0.1, 0.15) is 0 Å². The van der Waals surface area contributed by atoms with Crippen LogP contribution in [0, 0.1) is 5.92 Å². The summed E-state index contributed by atoms with van der Waals surface area (Å²) >= 11 is 12.2. The molecule has 2 atom stereocenters. The molecule has 3 rings (SSSR count). The average Bonchev–Trinajstić information content (AvgIpc) is 2.90. The monoisotopic (exact) mass is 333 g/mol. The Hall–Kier alpha value is -1.35. The number of benzene rings is 2. The van der Waals surface area contributed by atoms with Crippen molar-refractivity contribution in [3.05, 3.63) is 69.7 Å². The first-order valence-electron chi connectivity index (χ1n) is 7.29. The highest BCUT2D eigenvalue weighted by atomic mass is 35.5. The second-order valence-corrected chi connectivity index (χ2v) is 6.67. The molecule has 2 unspecified atom stereocenters. The van der Waals surface area contributed by atoms with Gasteiger partial charge in [0.2, 0.25) is 0 Å². The standard InChI is InChI=1S/C18H17Cl2NO/c1-21-10-15(12-6-8-13(19)9-7-12)16(11-21)18(22)14-4-2-3-5-17(14)20/h2-9,15-16H,10-11H2,1H3. The van der Waals surface area contributed by atoms with E-state index in [9.17, 15) is 4.79 Å². The zero-order valence-corrected chi connectivity index (χ0v) is 13.8. The number of rotatable bonds is 3. The van der Waals surface area contributed by atoms with Crippen molar-refractivity contribution in [1.29, 1.82) is 0 Å². The molecule has 2 aromatic rings. The SMILES string of the molecule is CN1CC(C(=O)c2ccccc2Cl)C(c2ccc(Cl)cc2)C1. The molecule has 1 aliphatic heterocycles. The van der Waals surface area contributed by atoms with Crippen molar-refractivity contribution in [2.75, 3.05) is 20.1 Å². The largest absolute Gasteiger partial charge is 0.305 e. The highest BCUT2D eigenvalue weighted by molar-refractivity contribution is 6.34. The van der Waals surface area contributed by atoms with E-state index in [1.165, 1.54) is 0 Å². The third-order valence-corrected chi connectivity index (χ3v) is 4.86. The molecule has 0 bridgehead atoms. The van der Waals surface area contributed by atoms with E-state index in [2.05, 4.69) is 4.90 Å². The van der Waals surface area contributed by atoms with Crippen LogP contribution in [0.3, 0.4) is 0 Å². The molecule has 1 fully saturated rings. The van der Waals surface area contributed by atoms with E-state index < -0.39 is 0 Å². The molecule has 0 aromatic heterocycles. The number of carbonyl (C=O) groups excluding carboxylic acids is 1. The molecular formula is C18H17Cl2NO. The number of ketones is 1. The lowest BCUT2D eigenvalue weighted by Crippen LogP contribution is -2.22. The van der Waals surface area contributed by atoms with Crippen LogP contribution in [0.2, 0.25) is 10.0 Å². The van der Waals surface area contributed by atoms with Crippen LogP contribution in [0.4, 0.5) is 0 Å². The van der Waals surface area contributed by atoms with Crippen LogP contribution in [0.15, 0.2) is 48.5 Å². The smallest absolute Gasteiger partial charge is 0.169 e. The van der Waals surface area contributed by atoms with Crippen molar-refractivity contribution in [3.8, 4) is 0 Å². The Morgan fingerprint density at radius 3 is 2.41 bits per heavy atom. The molecule has 0 spiro atoms. The van der Waals surface area contributed by atoms with Gasteiger partial charge in [-0.25, -0.2) is 0 Å². The van der Waals surface area contributed by atoms with Crippen LogP contribution in [-0.4, -0.2) is 30.8 Å². The van der Waals surface area contributed by atoms with Crippen LogP contribution in [0.5, 0.6) is 0 Å². The summed E-state index contributed by atoms with van der Waals surface area (Å²) < 4.78 is 0. The maximum atomic E-state index is 12.9. The normalized spacial score (nSPS) is 22.0. The lowest BCUT2D eigenvalue weighted by molar-refractivity contribution is 0.0916. The summed E-state index contributed by atoms with van der Waals surface area (Å²) in [7, 11) is 2.04. The highest BCUT2D eigenvalue weighted by Gasteiger charge is 2.37. The van der Waals surface area contributed by atoms with Gasteiger partial charge in [-0.05, 0) is 36.9 Å². The van der Waals surface area contributed by atoms with E-state index >= 15 is 0 Å². The molecule has 1 saturated heterocycles. The fraction of sp³-hybridized carbons (Fsp3) is 0.278. The van der Waals surface area contributed by atoms with Crippen molar-refractivity contribution >= 4 is 29.0 Å². The van der Waals surface area contributed by atoms with Gasteiger partial charge in [0.05, 0.1) is 5.02 Å². The highest BCUT2D eigenvalue weighted by Crippen LogP contribution is 2.35. The van der Waals surface area contributed by atoms with Crippen molar-refractivity contribution in [2.24, 2.45) is 5.92 Å². The first-order valence-corrected chi connectivity index (χ1v) is 8.04. The number of likely N-dealkylation sites (tertiary alicyclic amines) is 1. The molecule has 2 aromatic carbocycles. The predicted molar refractivity (Wildman–Crippen MR) is 91.0 cm³/mol. The number of Topliss-reactive ketones (excluding diaryl/α,β-unsaturated/α-hetero) is 1. The van der Waals surface area contributed by atoms with Gasteiger partial charge in [-0.3, -0.25) is 4.79 Å². The molecule has 0 aliphatic carbocycles.